The molecule has 2 unspecified atom stereocenters. The fraction of sp³-hybridized carbons (Fsp3) is 0.455. The van der Waals surface area contributed by atoms with Crippen LogP contribution in [-0.2, 0) is 23.4 Å². The van der Waals surface area contributed by atoms with E-state index >= 15 is 0 Å². The van der Waals surface area contributed by atoms with Crippen LogP contribution in [-0.4, -0.2) is 71.9 Å². The highest BCUT2D eigenvalue weighted by Gasteiger charge is 2.54. The lowest BCUT2D eigenvalue weighted by Gasteiger charge is -2.27. The van der Waals surface area contributed by atoms with Gasteiger partial charge in [-0.05, 0) is 19.4 Å². The maximum atomic E-state index is 13.2. The number of nitrogens with zero attached hydrogens (tertiary/aromatic N) is 3. The van der Waals surface area contributed by atoms with Crippen molar-refractivity contribution in [2.45, 2.75) is 50.0 Å². The topological polar surface area (TPSA) is 204 Å². The first-order valence-corrected chi connectivity index (χ1v) is 14.9. The maximum absolute atomic E-state index is 13.2. The Bertz CT molecular complexity index is 1450. The van der Waals surface area contributed by atoms with Crippen molar-refractivity contribution in [3.05, 3.63) is 52.6 Å². The molecule has 2 saturated heterocycles. The van der Waals surface area contributed by atoms with E-state index in [4.69, 9.17) is 19.7 Å². The fourth-order valence-corrected chi connectivity index (χ4v) is 8.23. The monoisotopic (exact) mass is 566 g/mol. The zero-order valence-corrected chi connectivity index (χ0v) is 22.1. The van der Waals surface area contributed by atoms with Gasteiger partial charge in [0.25, 0.3) is 5.56 Å². The first kappa shape index (κ1) is 26.8. The van der Waals surface area contributed by atoms with Gasteiger partial charge in [0.15, 0.2) is 17.4 Å². The van der Waals surface area contributed by atoms with Gasteiger partial charge in [0.05, 0.1) is 12.9 Å². The minimum Gasteiger partial charge on any atom is -0.457 e. The van der Waals surface area contributed by atoms with E-state index in [0.29, 0.717) is 0 Å². The summed E-state index contributed by atoms with van der Waals surface area (Å²) < 4.78 is 31.5. The predicted molar refractivity (Wildman–Crippen MR) is 137 cm³/mol. The molecule has 16 heteroatoms. The summed E-state index contributed by atoms with van der Waals surface area (Å²) in [5.74, 6) is -0.561. The van der Waals surface area contributed by atoms with Crippen LogP contribution in [0.4, 0.5) is 5.95 Å². The number of carbonyl (C=O) groups excluding carboxylic acids is 1. The number of nitrogens with one attached hydrogen (secondary N) is 2. The lowest BCUT2D eigenvalue weighted by Crippen LogP contribution is -2.44. The van der Waals surface area contributed by atoms with Crippen LogP contribution in [0.15, 0.2) is 41.5 Å². The summed E-state index contributed by atoms with van der Waals surface area (Å²) in [5, 5.41) is 24.5. The number of fused-ring (bicyclic) bond motifs is 1. The van der Waals surface area contributed by atoms with E-state index in [1.165, 1.54) is 17.8 Å². The number of nitrogen functional groups attached to an aromatic ring is 1. The quantitative estimate of drug-likeness (QED) is 0.199. The second-order valence-electron chi connectivity index (χ2n) is 9.23. The maximum Gasteiger partial charge on any atom is 0.327 e. The lowest BCUT2D eigenvalue weighted by atomic mass is 9.96. The minimum atomic E-state index is -3.55. The molecule has 6 N–H and O–H groups in total. The number of ether oxygens (including phenoxy) is 2. The SMILES string of the molecule is C[C@H](OC(=O)[C@@H]1CSP(=O)(OCC2O[C@@H](n3cnc4c(=O)[nH]c(N)nc43)[C@](C)(O)[C@@H]2O)N1)c1ccccc1. The van der Waals surface area contributed by atoms with Crippen LogP contribution in [0.3, 0.4) is 0 Å². The van der Waals surface area contributed by atoms with E-state index in [2.05, 4.69) is 20.0 Å². The summed E-state index contributed by atoms with van der Waals surface area (Å²) in [5.41, 5.74) is 4.07. The molecule has 5 rings (SSSR count). The highest BCUT2D eigenvalue weighted by atomic mass is 32.7. The number of rotatable bonds is 7. The van der Waals surface area contributed by atoms with Crippen LogP contribution in [0.5, 0.6) is 0 Å². The van der Waals surface area contributed by atoms with Gasteiger partial charge in [-0.25, -0.2) is 10.1 Å². The smallest absolute Gasteiger partial charge is 0.327 e. The third kappa shape index (κ3) is 4.98. The molecule has 204 valence electrons. The van der Waals surface area contributed by atoms with Gasteiger partial charge >= 0.3 is 12.7 Å². The number of carbonyl (C=O) groups is 1. The number of imidazole rings is 1. The number of hydrogen-bond acceptors (Lipinski definition) is 12. The van der Waals surface area contributed by atoms with Crippen LogP contribution < -0.4 is 16.4 Å². The summed E-state index contributed by atoms with van der Waals surface area (Å²) in [6.45, 7) is -0.825. The van der Waals surface area contributed by atoms with Gasteiger partial charge in [-0.2, -0.15) is 4.98 Å². The van der Waals surface area contributed by atoms with Gasteiger partial charge in [0, 0.05) is 5.75 Å². The number of H-pyrrole nitrogens is 1. The number of aromatic nitrogens is 4. The van der Waals surface area contributed by atoms with E-state index in [1.54, 1.807) is 6.92 Å². The van der Waals surface area contributed by atoms with Crippen LogP contribution >= 0.6 is 18.1 Å². The number of nitrogens with two attached hydrogens (primary N) is 1. The van der Waals surface area contributed by atoms with Crippen LogP contribution in [0, 0.1) is 0 Å². The molecule has 0 bridgehead atoms. The van der Waals surface area contributed by atoms with Gasteiger partial charge in [-0.1, -0.05) is 41.7 Å². The van der Waals surface area contributed by atoms with Crippen molar-refractivity contribution in [3.63, 3.8) is 0 Å². The summed E-state index contributed by atoms with van der Waals surface area (Å²) in [6, 6.07) is 8.37. The Balaban J connectivity index is 1.23. The third-order valence-corrected chi connectivity index (χ3v) is 10.5. The Labute approximate surface area is 220 Å². The molecule has 0 radical (unpaired) electrons. The molecule has 2 aliphatic rings. The van der Waals surface area contributed by atoms with Crippen molar-refractivity contribution in [1.29, 1.82) is 0 Å². The van der Waals surface area contributed by atoms with E-state index in [-0.39, 0.29) is 29.5 Å². The summed E-state index contributed by atoms with van der Waals surface area (Å²) >= 11 is 0.937. The van der Waals surface area contributed by atoms with E-state index in [9.17, 15) is 24.4 Å². The fourth-order valence-electron chi connectivity index (χ4n) is 4.35. The molecule has 2 fully saturated rings. The Morgan fingerprint density at radius 3 is 2.89 bits per heavy atom. The molecule has 38 heavy (non-hydrogen) atoms. The van der Waals surface area contributed by atoms with Crippen LogP contribution in [0.1, 0.15) is 31.7 Å². The second kappa shape index (κ2) is 10.1. The molecule has 0 saturated carbocycles. The largest absolute Gasteiger partial charge is 0.457 e. The Morgan fingerprint density at radius 2 is 2.16 bits per heavy atom. The number of aliphatic hydroxyl groups is 2. The van der Waals surface area contributed by atoms with Crippen LogP contribution in [0.25, 0.3) is 11.2 Å². The molecular formula is C22H27N6O8PS. The predicted octanol–water partition coefficient (Wildman–Crippen LogP) is 0.845. The minimum absolute atomic E-state index is 0.0247. The number of benzene rings is 1. The van der Waals surface area contributed by atoms with Gasteiger partial charge in [-0.3, -0.25) is 23.7 Å². The number of aliphatic hydroxyl groups excluding tert-OH is 1. The van der Waals surface area contributed by atoms with E-state index in [0.717, 1.165) is 16.9 Å². The molecule has 14 nitrogen and oxygen atoms in total. The normalized spacial score (nSPS) is 32.0. The van der Waals surface area contributed by atoms with Crippen LogP contribution in [0.2, 0.25) is 0 Å². The summed E-state index contributed by atoms with van der Waals surface area (Å²) in [4.78, 5) is 35.1. The zero-order valence-electron chi connectivity index (χ0n) is 20.4. The van der Waals surface area contributed by atoms with Gasteiger partial charge in [0.1, 0.15) is 30.0 Å². The van der Waals surface area contributed by atoms with Crippen molar-refractivity contribution in [1.82, 2.24) is 24.6 Å². The summed E-state index contributed by atoms with van der Waals surface area (Å²) in [6.07, 6.45) is -3.03. The highest BCUT2D eigenvalue weighted by Crippen LogP contribution is 2.61. The molecule has 7 atom stereocenters. The average molecular weight is 567 g/mol. The molecule has 3 aromatic rings. The molecule has 1 aromatic carbocycles. The number of hydrogen-bond donors (Lipinski definition) is 5. The van der Waals surface area contributed by atoms with Crippen molar-refractivity contribution >= 4 is 41.2 Å². The molecule has 2 aromatic heterocycles. The van der Waals surface area contributed by atoms with Gasteiger partial charge < -0.3 is 29.9 Å². The Hall–Kier alpha value is -2.78. The lowest BCUT2D eigenvalue weighted by molar-refractivity contribution is -0.150. The van der Waals surface area contributed by atoms with Crippen molar-refractivity contribution < 1.29 is 33.6 Å². The molecule has 0 spiro atoms. The van der Waals surface area contributed by atoms with E-state index in [1.807, 2.05) is 30.3 Å². The molecule has 4 heterocycles. The third-order valence-electron chi connectivity index (χ3n) is 6.44. The second-order valence-corrected chi connectivity index (χ2v) is 13.6. The van der Waals surface area contributed by atoms with Gasteiger partial charge in [-0.15, -0.1) is 0 Å². The number of esters is 1. The molecule has 0 aliphatic carbocycles. The first-order valence-electron chi connectivity index (χ1n) is 11.7. The number of anilines is 1. The number of aromatic amines is 1. The standard InChI is InChI=1S/C22H27N6O8PS/c1-11(12-6-4-3-5-7-12)35-19(31)13-9-38-37(33,27-13)34-8-14-16(29)22(2,32)20(36-14)28-10-24-15-17(28)25-21(23)26-18(15)30/h3-7,10-11,13-14,16,20,29,32H,8-9H2,1-2H3,(H,27,33)(H3,23,25,26,30)/t11-,13-,14?,16+,20+,22+,37?/m0/s1. The first-order chi connectivity index (χ1) is 18.0. The molecular weight excluding hydrogens is 539 g/mol. The molecule has 0 amide bonds. The van der Waals surface area contributed by atoms with Crippen molar-refractivity contribution in [2.75, 3.05) is 18.1 Å². The molecule has 2 aliphatic heterocycles. The summed E-state index contributed by atoms with van der Waals surface area (Å²) in [7, 11) is 0. The van der Waals surface area contributed by atoms with E-state index < -0.39 is 54.4 Å². The Kier molecular flexibility index (Phi) is 7.11. The highest BCUT2D eigenvalue weighted by molar-refractivity contribution is 8.56. The van der Waals surface area contributed by atoms with Crippen molar-refractivity contribution in [2.24, 2.45) is 0 Å². The Morgan fingerprint density at radius 1 is 1.42 bits per heavy atom. The zero-order chi connectivity index (χ0) is 27.2. The van der Waals surface area contributed by atoms with Crippen molar-refractivity contribution in [3.8, 4) is 0 Å². The average Bonchev–Trinajstić information content (AvgIpc) is 3.54. The van der Waals surface area contributed by atoms with Gasteiger partial charge in [0.2, 0.25) is 5.95 Å².